The fraction of sp³-hybridized carbons (Fsp3) is 0.241. The first kappa shape index (κ1) is 31.2. The molecular formula is C29H31N9O6. The Bertz CT molecular complexity index is 1670. The van der Waals surface area contributed by atoms with Gasteiger partial charge in [-0.2, -0.15) is 9.97 Å². The number of fused-ring (bicyclic) bond motifs is 1. The van der Waals surface area contributed by atoms with Crippen molar-refractivity contribution < 1.29 is 29.4 Å². The molecule has 0 fully saturated rings. The van der Waals surface area contributed by atoms with Crippen LogP contribution in [0.25, 0.3) is 11.2 Å². The van der Waals surface area contributed by atoms with Crippen LogP contribution >= 0.6 is 0 Å². The molecule has 15 nitrogen and oxygen atoms in total. The Balaban J connectivity index is 1.38. The highest BCUT2D eigenvalue weighted by atomic mass is 16.4. The van der Waals surface area contributed by atoms with E-state index in [0.717, 1.165) is 11.3 Å². The quantitative estimate of drug-likeness (QED) is 0.126. The summed E-state index contributed by atoms with van der Waals surface area (Å²) < 4.78 is 0. The number of aliphatic carboxylic acids is 2. The van der Waals surface area contributed by atoms with Crippen molar-refractivity contribution in [3.05, 3.63) is 77.6 Å². The van der Waals surface area contributed by atoms with Crippen molar-refractivity contribution in [1.82, 2.24) is 25.3 Å². The minimum atomic E-state index is -1.33. The predicted octanol–water partition coefficient (Wildman–Crippen LogP) is 1.19. The summed E-state index contributed by atoms with van der Waals surface area (Å²) in [5.74, 6) is -3.59. The van der Waals surface area contributed by atoms with Crippen molar-refractivity contribution in [2.75, 3.05) is 23.0 Å². The molecule has 4 rings (SSSR count). The number of rotatable bonds is 13. The van der Waals surface area contributed by atoms with E-state index in [1.807, 2.05) is 35.2 Å². The van der Waals surface area contributed by atoms with Crippen LogP contribution < -0.4 is 27.0 Å². The summed E-state index contributed by atoms with van der Waals surface area (Å²) >= 11 is 0. The maximum atomic E-state index is 12.6. The van der Waals surface area contributed by atoms with E-state index in [4.69, 9.17) is 16.6 Å². The minimum Gasteiger partial charge on any atom is -0.481 e. The highest BCUT2D eigenvalue weighted by Crippen LogP contribution is 2.20. The van der Waals surface area contributed by atoms with E-state index in [0.29, 0.717) is 18.7 Å². The van der Waals surface area contributed by atoms with Gasteiger partial charge in [0.15, 0.2) is 17.0 Å². The minimum absolute atomic E-state index is 0.0253. The molecule has 2 aromatic heterocycles. The molecule has 8 N–H and O–H groups in total. The molecule has 44 heavy (non-hydrogen) atoms. The number of carboxylic acid groups (broad SMARTS) is 2. The molecule has 2 aromatic carbocycles. The predicted molar refractivity (Wildman–Crippen MR) is 161 cm³/mol. The van der Waals surface area contributed by atoms with Gasteiger partial charge in [-0.1, -0.05) is 30.3 Å². The lowest BCUT2D eigenvalue weighted by Crippen LogP contribution is -2.41. The topological polar surface area (TPSA) is 240 Å². The zero-order valence-corrected chi connectivity index (χ0v) is 23.7. The number of anilines is 3. The Labute approximate surface area is 251 Å². The van der Waals surface area contributed by atoms with Crippen LogP contribution in [-0.4, -0.2) is 73.0 Å². The van der Waals surface area contributed by atoms with E-state index in [9.17, 15) is 24.3 Å². The monoisotopic (exact) mass is 601 g/mol. The Hall–Kier alpha value is -5.70. The van der Waals surface area contributed by atoms with Crippen LogP contribution in [0, 0.1) is 0 Å². The summed E-state index contributed by atoms with van der Waals surface area (Å²) in [6.07, 6.45) is 1.22. The van der Waals surface area contributed by atoms with E-state index in [1.54, 1.807) is 19.2 Å². The van der Waals surface area contributed by atoms with E-state index >= 15 is 0 Å². The lowest BCUT2D eigenvalue weighted by molar-refractivity contribution is -0.140. The standard InChI is InChI=1S/C29H31N9O6/c1-38(19-9-7-17(8-10-19)26(41)34-21(28(43)44)11-12-22(39)40)15-18-14-32-25-23(33-18)24(31)35-29(36-25)37-27(42)20(30)13-16-5-3-2-4-6-16/h2-10,14,20-21H,11-13,15,30H2,1H3,(H,34,41)(H,39,40)(H,43,44)(H3,31,32,35,36,37,42)/t20-,21+/m1/s1. The van der Waals surface area contributed by atoms with Gasteiger partial charge in [-0.3, -0.25) is 19.7 Å². The van der Waals surface area contributed by atoms with Gasteiger partial charge in [-0.15, -0.1) is 0 Å². The largest absolute Gasteiger partial charge is 0.481 e. The number of nitrogens with two attached hydrogens (primary N) is 2. The third-order valence-electron chi connectivity index (χ3n) is 6.57. The molecule has 0 aliphatic heterocycles. The van der Waals surface area contributed by atoms with Crippen molar-refractivity contribution in [3.8, 4) is 0 Å². The van der Waals surface area contributed by atoms with Crippen molar-refractivity contribution in [2.24, 2.45) is 5.73 Å². The summed E-state index contributed by atoms with van der Waals surface area (Å²) in [5.41, 5.74) is 15.0. The molecule has 0 unspecified atom stereocenters. The summed E-state index contributed by atoms with van der Waals surface area (Å²) in [5, 5.41) is 23.0. The van der Waals surface area contributed by atoms with Gasteiger partial charge in [-0.05, 0) is 42.7 Å². The molecule has 0 spiro atoms. The van der Waals surface area contributed by atoms with Gasteiger partial charge in [0.25, 0.3) is 5.91 Å². The number of nitrogens with zero attached hydrogens (tertiary/aromatic N) is 5. The number of amides is 2. The smallest absolute Gasteiger partial charge is 0.326 e. The van der Waals surface area contributed by atoms with Crippen LogP contribution in [-0.2, 0) is 27.3 Å². The van der Waals surface area contributed by atoms with Crippen LogP contribution in [0.2, 0.25) is 0 Å². The maximum absolute atomic E-state index is 12.6. The Morgan fingerprint density at radius 3 is 2.34 bits per heavy atom. The van der Waals surface area contributed by atoms with Gasteiger partial charge in [0.1, 0.15) is 6.04 Å². The second-order valence-electron chi connectivity index (χ2n) is 9.95. The van der Waals surface area contributed by atoms with Crippen LogP contribution in [0.15, 0.2) is 60.8 Å². The molecule has 0 aliphatic rings. The number of hydrogen-bond donors (Lipinski definition) is 6. The average Bonchev–Trinajstić information content (AvgIpc) is 2.99. The fourth-order valence-electron chi connectivity index (χ4n) is 4.23. The summed E-state index contributed by atoms with van der Waals surface area (Å²) in [6.45, 7) is 0.303. The van der Waals surface area contributed by atoms with Crippen LogP contribution in [0.3, 0.4) is 0 Å². The molecule has 2 atom stereocenters. The second-order valence-corrected chi connectivity index (χ2v) is 9.95. The highest BCUT2D eigenvalue weighted by molar-refractivity contribution is 5.97. The molecule has 0 bridgehead atoms. The van der Waals surface area contributed by atoms with Gasteiger partial charge < -0.3 is 31.9 Å². The number of nitrogens with one attached hydrogen (secondary N) is 2. The number of carboxylic acids is 2. The Kier molecular flexibility index (Phi) is 9.92. The SMILES string of the molecule is CN(Cc1cnc2nc(NC(=O)[C@H](N)Cc3ccccc3)nc(N)c2n1)c1ccc(C(=O)N[C@@H](CCC(=O)O)C(=O)O)cc1. The van der Waals surface area contributed by atoms with Crippen molar-refractivity contribution >= 4 is 52.4 Å². The molecular weight excluding hydrogens is 570 g/mol. The molecule has 0 saturated heterocycles. The van der Waals surface area contributed by atoms with Crippen molar-refractivity contribution in [1.29, 1.82) is 0 Å². The van der Waals surface area contributed by atoms with E-state index < -0.39 is 42.3 Å². The Morgan fingerprint density at radius 2 is 1.68 bits per heavy atom. The molecule has 4 aromatic rings. The summed E-state index contributed by atoms with van der Waals surface area (Å²) in [4.78, 5) is 66.3. The number of carbonyl (C=O) groups is 4. The van der Waals surface area contributed by atoms with Gasteiger partial charge >= 0.3 is 11.9 Å². The first-order valence-corrected chi connectivity index (χ1v) is 13.5. The van der Waals surface area contributed by atoms with Gasteiger partial charge in [0.05, 0.1) is 24.5 Å². The number of hydrogen-bond acceptors (Lipinski definition) is 11. The summed E-state index contributed by atoms with van der Waals surface area (Å²) in [6, 6.07) is 13.6. The number of benzene rings is 2. The zero-order chi connectivity index (χ0) is 31.8. The first-order valence-electron chi connectivity index (χ1n) is 13.5. The molecule has 2 amide bonds. The van der Waals surface area contributed by atoms with Crippen LogP contribution in [0.5, 0.6) is 0 Å². The van der Waals surface area contributed by atoms with E-state index in [2.05, 4.69) is 30.6 Å². The first-order chi connectivity index (χ1) is 21.0. The Morgan fingerprint density at radius 1 is 0.977 bits per heavy atom. The van der Waals surface area contributed by atoms with Crippen molar-refractivity contribution in [2.45, 2.75) is 37.9 Å². The molecule has 15 heteroatoms. The third kappa shape index (κ3) is 8.19. The van der Waals surface area contributed by atoms with Gasteiger partial charge in [-0.25, -0.2) is 14.8 Å². The maximum Gasteiger partial charge on any atom is 0.326 e. The van der Waals surface area contributed by atoms with E-state index in [1.165, 1.54) is 18.3 Å². The van der Waals surface area contributed by atoms with E-state index in [-0.39, 0.29) is 34.9 Å². The van der Waals surface area contributed by atoms with Gasteiger partial charge in [0, 0.05) is 24.7 Å². The third-order valence-corrected chi connectivity index (χ3v) is 6.57. The number of aromatic nitrogens is 4. The number of nitrogen functional groups attached to an aromatic ring is 1. The molecule has 0 saturated carbocycles. The number of carbonyl (C=O) groups excluding carboxylic acids is 2. The average molecular weight is 602 g/mol. The van der Waals surface area contributed by atoms with Crippen LogP contribution in [0.1, 0.15) is 34.5 Å². The second kappa shape index (κ2) is 14.0. The van der Waals surface area contributed by atoms with Gasteiger partial charge in [0.2, 0.25) is 11.9 Å². The lowest BCUT2D eigenvalue weighted by Gasteiger charge is -2.19. The normalized spacial score (nSPS) is 12.2. The van der Waals surface area contributed by atoms with Crippen molar-refractivity contribution in [3.63, 3.8) is 0 Å². The molecule has 2 heterocycles. The lowest BCUT2D eigenvalue weighted by atomic mass is 10.1. The van der Waals surface area contributed by atoms with Crippen LogP contribution in [0.4, 0.5) is 17.5 Å². The molecule has 0 aliphatic carbocycles. The zero-order valence-electron chi connectivity index (χ0n) is 23.7. The molecule has 0 radical (unpaired) electrons. The fourth-order valence-corrected chi connectivity index (χ4v) is 4.23. The summed E-state index contributed by atoms with van der Waals surface area (Å²) in [7, 11) is 1.80. The molecule has 228 valence electrons. The highest BCUT2D eigenvalue weighted by Gasteiger charge is 2.22.